The zero-order chi connectivity index (χ0) is 13.8. The highest BCUT2D eigenvalue weighted by atomic mass is 16.5. The summed E-state index contributed by atoms with van der Waals surface area (Å²) in [5, 5.41) is 3.75. The maximum Gasteiger partial charge on any atom is 0.0510 e. The van der Waals surface area contributed by atoms with Crippen molar-refractivity contribution in [2.24, 2.45) is 5.92 Å². The molecular formula is C17H26N2O. The van der Waals surface area contributed by atoms with Crippen LogP contribution in [0.3, 0.4) is 0 Å². The van der Waals surface area contributed by atoms with Crippen LogP contribution < -0.4 is 10.2 Å². The Hall–Kier alpha value is -1.06. The van der Waals surface area contributed by atoms with Gasteiger partial charge in [-0.25, -0.2) is 0 Å². The standard InChI is InChI=1S/C17H26N2O/c1-2-9-18-16(15-8-11-20-13-15)12-19-10-7-14-5-3-4-6-17(14)19/h3-6,15-16,18H,2,7-13H2,1H3. The maximum atomic E-state index is 5.59. The Labute approximate surface area is 122 Å². The number of hydrogen-bond acceptors (Lipinski definition) is 3. The molecule has 0 amide bonds. The van der Waals surface area contributed by atoms with Crippen LogP contribution in [0.25, 0.3) is 0 Å². The lowest BCUT2D eigenvalue weighted by atomic mass is 9.98. The predicted molar refractivity (Wildman–Crippen MR) is 83.4 cm³/mol. The van der Waals surface area contributed by atoms with E-state index in [2.05, 4.69) is 41.4 Å². The molecule has 20 heavy (non-hydrogen) atoms. The highest BCUT2D eigenvalue weighted by Crippen LogP contribution is 2.28. The summed E-state index contributed by atoms with van der Waals surface area (Å²) in [6.45, 7) is 7.49. The number of anilines is 1. The minimum Gasteiger partial charge on any atom is -0.381 e. The van der Waals surface area contributed by atoms with Crippen molar-refractivity contribution < 1.29 is 4.74 Å². The molecule has 1 aromatic carbocycles. The number of benzene rings is 1. The van der Waals surface area contributed by atoms with Crippen LogP contribution in [0.1, 0.15) is 25.3 Å². The lowest BCUT2D eigenvalue weighted by molar-refractivity contribution is 0.177. The lowest BCUT2D eigenvalue weighted by Crippen LogP contribution is -2.46. The van der Waals surface area contributed by atoms with Crippen LogP contribution in [0.5, 0.6) is 0 Å². The van der Waals surface area contributed by atoms with Gasteiger partial charge in [0.05, 0.1) is 6.61 Å². The van der Waals surface area contributed by atoms with Crippen molar-refractivity contribution in [3.05, 3.63) is 29.8 Å². The summed E-state index contributed by atoms with van der Waals surface area (Å²) in [5.74, 6) is 0.675. The fourth-order valence-corrected chi connectivity index (χ4v) is 3.41. The van der Waals surface area contributed by atoms with Crippen molar-refractivity contribution in [1.29, 1.82) is 0 Å². The van der Waals surface area contributed by atoms with Gasteiger partial charge in [-0.3, -0.25) is 0 Å². The number of para-hydroxylation sites is 1. The highest BCUT2D eigenvalue weighted by molar-refractivity contribution is 5.57. The van der Waals surface area contributed by atoms with E-state index < -0.39 is 0 Å². The second kappa shape index (κ2) is 6.59. The van der Waals surface area contributed by atoms with Gasteiger partial charge in [0.25, 0.3) is 0 Å². The number of nitrogens with one attached hydrogen (secondary N) is 1. The van der Waals surface area contributed by atoms with Gasteiger partial charge in [0.2, 0.25) is 0 Å². The Bertz CT molecular complexity index is 429. The predicted octanol–water partition coefficient (Wildman–Crippen LogP) is 2.45. The molecule has 1 saturated heterocycles. The van der Waals surface area contributed by atoms with E-state index in [0.29, 0.717) is 12.0 Å². The number of fused-ring (bicyclic) bond motifs is 1. The smallest absolute Gasteiger partial charge is 0.0510 e. The largest absolute Gasteiger partial charge is 0.381 e. The summed E-state index contributed by atoms with van der Waals surface area (Å²) in [7, 11) is 0. The molecule has 1 fully saturated rings. The van der Waals surface area contributed by atoms with Crippen LogP contribution >= 0.6 is 0 Å². The molecule has 2 atom stereocenters. The van der Waals surface area contributed by atoms with Gasteiger partial charge >= 0.3 is 0 Å². The second-order valence-corrected chi connectivity index (χ2v) is 6.01. The highest BCUT2D eigenvalue weighted by Gasteiger charge is 2.29. The van der Waals surface area contributed by atoms with Crippen molar-refractivity contribution in [2.75, 3.05) is 37.7 Å². The first-order chi connectivity index (χ1) is 9.88. The topological polar surface area (TPSA) is 24.5 Å². The van der Waals surface area contributed by atoms with Crippen molar-refractivity contribution in [1.82, 2.24) is 5.32 Å². The summed E-state index contributed by atoms with van der Waals surface area (Å²) in [4.78, 5) is 2.56. The zero-order valence-corrected chi connectivity index (χ0v) is 12.5. The van der Waals surface area contributed by atoms with Crippen molar-refractivity contribution in [2.45, 2.75) is 32.2 Å². The van der Waals surface area contributed by atoms with Crippen LogP contribution in [0, 0.1) is 5.92 Å². The molecule has 3 rings (SSSR count). The van der Waals surface area contributed by atoms with E-state index in [9.17, 15) is 0 Å². The third-order valence-electron chi connectivity index (χ3n) is 4.59. The Morgan fingerprint density at radius 1 is 1.40 bits per heavy atom. The van der Waals surface area contributed by atoms with Crippen LogP contribution in [0.2, 0.25) is 0 Å². The molecule has 0 aromatic heterocycles. The summed E-state index contributed by atoms with van der Waals surface area (Å²) in [6, 6.07) is 9.40. The molecule has 110 valence electrons. The van der Waals surface area contributed by atoms with Crippen LogP contribution in [0.15, 0.2) is 24.3 Å². The van der Waals surface area contributed by atoms with E-state index in [0.717, 1.165) is 32.8 Å². The Morgan fingerprint density at radius 2 is 2.30 bits per heavy atom. The third kappa shape index (κ3) is 2.99. The van der Waals surface area contributed by atoms with E-state index in [4.69, 9.17) is 4.74 Å². The molecule has 2 aliphatic heterocycles. The lowest BCUT2D eigenvalue weighted by Gasteiger charge is -2.30. The molecular weight excluding hydrogens is 248 g/mol. The molecule has 2 aliphatic rings. The van der Waals surface area contributed by atoms with Gasteiger partial charge in [-0.1, -0.05) is 25.1 Å². The molecule has 3 nitrogen and oxygen atoms in total. The number of ether oxygens (including phenoxy) is 1. The average molecular weight is 274 g/mol. The Balaban J connectivity index is 1.67. The minimum atomic E-state index is 0.559. The van der Waals surface area contributed by atoms with Gasteiger partial charge in [0.1, 0.15) is 0 Å². The molecule has 0 bridgehead atoms. The van der Waals surface area contributed by atoms with Gasteiger partial charge in [0, 0.05) is 37.3 Å². The third-order valence-corrected chi connectivity index (χ3v) is 4.59. The molecule has 2 unspecified atom stereocenters. The monoisotopic (exact) mass is 274 g/mol. The van der Waals surface area contributed by atoms with E-state index in [-0.39, 0.29) is 0 Å². The fraction of sp³-hybridized carbons (Fsp3) is 0.647. The first-order valence-corrected chi connectivity index (χ1v) is 8.02. The van der Waals surface area contributed by atoms with Crippen molar-refractivity contribution in [3.8, 4) is 0 Å². The quantitative estimate of drug-likeness (QED) is 0.862. The summed E-state index contributed by atoms with van der Waals surface area (Å²) >= 11 is 0. The van der Waals surface area contributed by atoms with E-state index in [1.54, 1.807) is 0 Å². The van der Waals surface area contributed by atoms with E-state index >= 15 is 0 Å². The van der Waals surface area contributed by atoms with E-state index in [1.165, 1.54) is 30.5 Å². The van der Waals surface area contributed by atoms with Crippen LogP contribution in [-0.2, 0) is 11.2 Å². The minimum absolute atomic E-state index is 0.559. The summed E-state index contributed by atoms with van der Waals surface area (Å²) in [5.41, 5.74) is 2.94. The average Bonchev–Trinajstić information content (AvgIpc) is 3.13. The van der Waals surface area contributed by atoms with Gasteiger partial charge in [-0.2, -0.15) is 0 Å². The SMILES string of the molecule is CCCNC(CN1CCc2ccccc21)C1CCOC1. The molecule has 3 heteroatoms. The zero-order valence-electron chi connectivity index (χ0n) is 12.5. The second-order valence-electron chi connectivity index (χ2n) is 6.01. The molecule has 1 aromatic rings. The van der Waals surface area contributed by atoms with Gasteiger partial charge < -0.3 is 15.0 Å². The molecule has 2 heterocycles. The maximum absolute atomic E-state index is 5.59. The number of nitrogens with zero attached hydrogens (tertiary/aromatic N) is 1. The summed E-state index contributed by atoms with van der Waals surface area (Å²) in [6.07, 6.45) is 3.59. The molecule has 0 spiro atoms. The number of rotatable bonds is 6. The molecule has 0 aliphatic carbocycles. The Kier molecular flexibility index (Phi) is 4.58. The molecule has 0 radical (unpaired) electrons. The fourth-order valence-electron chi connectivity index (χ4n) is 3.41. The van der Waals surface area contributed by atoms with Gasteiger partial charge in [0.15, 0.2) is 0 Å². The summed E-state index contributed by atoms with van der Waals surface area (Å²) < 4.78 is 5.59. The van der Waals surface area contributed by atoms with Crippen molar-refractivity contribution >= 4 is 5.69 Å². The van der Waals surface area contributed by atoms with Crippen LogP contribution in [0.4, 0.5) is 5.69 Å². The van der Waals surface area contributed by atoms with Gasteiger partial charge in [-0.05, 0) is 37.4 Å². The normalized spacial score (nSPS) is 23.1. The van der Waals surface area contributed by atoms with Gasteiger partial charge in [-0.15, -0.1) is 0 Å². The van der Waals surface area contributed by atoms with Crippen molar-refractivity contribution in [3.63, 3.8) is 0 Å². The first-order valence-electron chi connectivity index (χ1n) is 8.02. The molecule has 0 saturated carbocycles. The molecule has 1 N–H and O–H groups in total. The van der Waals surface area contributed by atoms with E-state index in [1.807, 2.05) is 0 Å². The Morgan fingerprint density at radius 3 is 3.10 bits per heavy atom. The first kappa shape index (κ1) is 13.9. The van der Waals surface area contributed by atoms with Crippen LogP contribution in [-0.4, -0.2) is 38.9 Å². The number of hydrogen-bond donors (Lipinski definition) is 1.